The molecule has 0 unspecified atom stereocenters. The van der Waals surface area contributed by atoms with Crippen molar-refractivity contribution in [1.29, 1.82) is 0 Å². The smallest absolute Gasteiger partial charge is 0.253 e. The average molecular weight is 453 g/mol. The van der Waals surface area contributed by atoms with Gasteiger partial charge in [-0.25, -0.2) is 0 Å². The van der Waals surface area contributed by atoms with E-state index in [9.17, 15) is 14.4 Å². The van der Waals surface area contributed by atoms with E-state index in [0.29, 0.717) is 41.6 Å². The van der Waals surface area contributed by atoms with Crippen molar-refractivity contribution in [2.75, 3.05) is 50.5 Å². The van der Waals surface area contributed by atoms with Gasteiger partial charge >= 0.3 is 0 Å². The molecule has 2 aromatic rings. The van der Waals surface area contributed by atoms with Crippen LogP contribution in [-0.2, 0) is 9.53 Å². The largest absolute Gasteiger partial charge is 0.383 e. The molecule has 2 aromatic carbocycles. The van der Waals surface area contributed by atoms with E-state index in [1.807, 2.05) is 17.0 Å². The molecule has 3 amide bonds. The van der Waals surface area contributed by atoms with Crippen molar-refractivity contribution in [3.63, 3.8) is 0 Å². The van der Waals surface area contributed by atoms with Crippen LogP contribution in [0.25, 0.3) is 0 Å². The minimum absolute atomic E-state index is 0.0237. The predicted octanol–water partition coefficient (Wildman–Crippen LogP) is 2.99. The van der Waals surface area contributed by atoms with Gasteiger partial charge in [-0.2, -0.15) is 0 Å². The number of nitrogens with zero attached hydrogens (tertiary/aromatic N) is 1. The Labute approximate surface area is 194 Å². The van der Waals surface area contributed by atoms with Gasteiger partial charge in [0, 0.05) is 49.2 Å². The number of rotatable bonds is 9. The fourth-order valence-corrected chi connectivity index (χ4v) is 3.65. The third-order valence-corrected chi connectivity index (χ3v) is 5.63. The topological polar surface area (TPSA) is 99.8 Å². The van der Waals surface area contributed by atoms with Crippen LogP contribution in [0.4, 0.5) is 11.4 Å². The van der Waals surface area contributed by atoms with Gasteiger partial charge in [0.05, 0.1) is 13.2 Å². The van der Waals surface area contributed by atoms with Crippen LogP contribution in [0, 0.1) is 5.92 Å². The molecule has 0 radical (unpaired) electrons. The number of anilines is 2. The van der Waals surface area contributed by atoms with E-state index in [2.05, 4.69) is 22.9 Å². The highest BCUT2D eigenvalue weighted by Crippen LogP contribution is 2.19. The number of carbonyl (C=O) groups is 3. The highest BCUT2D eigenvalue weighted by molar-refractivity contribution is 5.98. The van der Waals surface area contributed by atoms with Crippen LogP contribution < -0.4 is 16.0 Å². The molecule has 33 heavy (non-hydrogen) atoms. The summed E-state index contributed by atoms with van der Waals surface area (Å²) in [5.41, 5.74) is 2.30. The van der Waals surface area contributed by atoms with Crippen molar-refractivity contribution in [2.45, 2.75) is 19.8 Å². The molecule has 1 heterocycles. The van der Waals surface area contributed by atoms with E-state index in [1.165, 1.54) is 0 Å². The Hall–Kier alpha value is -3.39. The van der Waals surface area contributed by atoms with Gasteiger partial charge in [0.1, 0.15) is 0 Å². The number of amides is 3. The third kappa shape index (κ3) is 7.32. The zero-order valence-corrected chi connectivity index (χ0v) is 19.2. The van der Waals surface area contributed by atoms with Crippen LogP contribution in [0.5, 0.6) is 0 Å². The Morgan fingerprint density at radius 2 is 1.67 bits per heavy atom. The summed E-state index contributed by atoms with van der Waals surface area (Å²) in [5.74, 6) is 0.196. The zero-order valence-electron chi connectivity index (χ0n) is 19.2. The number of methoxy groups -OCH3 is 1. The average Bonchev–Trinajstić information content (AvgIpc) is 2.83. The summed E-state index contributed by atoms with van der Waals surface area (Å²) < 4.78 is 4.92. The van der Waals surface area contributed by atoms with Gasteiger partial charge in [-0.15, -0.1) is 0 Å². The number of hydrogen-bond acceptors (Lipinski definition) is 5. The first-order valence-electron chi connectivity index (χ1n) is 11.3. The minimum atomic E-state index is -0.256. The summed E-state index contributed by atoms with van der Waals surface area (Å²) in [6.45, 7) is 4.65. The SMILES string of the molecule is COCCNC(=O)c1cccc(NC(=O)CNc2cccc(C(=O)N3CCC(C)CC3)c2)c1. The molecule has 1 aliphatic rings. The molecule has 3 N–H and O–H groups in total. The van der Waals surface area contributed by atoms with Gasteiger partial charge < -0.3 is 25.6 Å². The van der Waals surface area contributed by atoms with Crippen LogP contribution in [0.15, 0.2) is 48.5 Å². The summed E-state index contributed by atoms with van der Waals surface area (Å²) in [6.07, 6.45) is 2.06. The Balaban J connectivity index is 1.52. The maximum Gasteiger partial charge on any atom is 0.253 e. The Bertz CT molecular complexity index is 970. The summed E-state index contributed by atoms with van der Waals surface area (Å²) in [6, 6.07) is 14.0. The molecule has 8 heteroatoms. The maximum absolute atomic E-state index is 12.8. The van der Waals surface area contributed by atoms with E-state index in [0.717, 1.165) is 25.9 Å². The second kappa shape index (κ2) is 12.0. The summed E-state index contributed by atoms with van der Waals surface area (Å²) in [5, 5.41) is 8.60. The molecule has 1 saturated heterocycles. The second-order valence-corrected chi connectivity index (χ2v) is 8.29. The van der Waals surface area contributed by atoms with Gasteiger partial charge in [-0.1, -0.05) is 19.1 Å². The third-order valence-electron chi connectivity index (χ3n) is 5.63. The lowest BCUT2D eigenvalue weighted by atomic mass is 9.98. The lowest BCUT2D eigenvalue weighted by Crippen LogP contribution is -2.37. The fraction of sp³-hybridized carbons (Fsp3) is 0.400. The van der Waals surface area contributed by atoms with Crippen molar-refractivity contribution < 1.29 is 19.1 Å². The second-order valence-electron chi connectivity index (χ2n) is 8.29. The predicted molar refractivity (Wildman–Crippen MR) is 129 cm³/mol. The standard InChI is InChI=1S/C25H32N4O4/c1-18-9-12-29(13-10-18)25(32)20-6-4-7-21(16-20)27-17-23(30)28-22-8-3-5-19(15-22)24(31)26-11-14-33-2/h3-8,15-16,18,27H,9-14,17H2,1-2H3,(H,26,31)(H,28,30). The number of nitrogens with one attached hydrogen (secondary N) is 3. The highest BCUT2D eigenvalue weighted by atomic mass is 16.5. The van der Waals surface area contributed by atoms with Crippen LogP contribution >= 0.6 is 0 Å². The van der Waals surface area contributed by atoms with Gasteiger partial charge in [-0.3, -0.25) is 14.4 Å². The molecule has 0 atom stereocenters. The quantitative estimate of drug-likeness (QED) is 0.508. The monoisotopic (exact) mass is 452 g/mol. The van der Waals surface area contributed by atoms with E-state index in [4.69, 9.17) is 4.74 Å². The number of piperidine rings is 1. The maximum atomic E-state index is 12.8. The summed E-state index contributed by atoms with van der Waals surface area (Å²) in [4.78, 5) is 39.3. The summed E-state index contributed by atoms with van der Waals surface area (Å²) >= 11 is 0. The highest BCUT2D eigenvalue weighted by Gasteiger charge is 2.21. The number of ether oxygens (including phenoxy) is 1. The van der Waals surface area contributed by atoms with Crippen LogP contribution in [0.3, 0.4) is 0 Å². The van der Waals surface area contributed by atoms with E-state index in [1.54, 1.807) is 43.5 Å². The fourth-order valence-electron chi connectivity index (χ4n) is 3.65. The molecule has 8 nitrogen and oxygen atoms in total. The van der Waals surface area contributed by atoms with Gasteiger partial charge in [0.25, 0.3) is 11.8 Å². The molecule has 0 aromatic heterocycles. The zero-order chi connectivity index (χ0) is 23.6. The minimum Gasteiger partial charge on any atom is -0.383 e. The van der Waals surface area contributed by atoms with Crippen molar-refractivity contribution in [3.05, 3.63) is 59.7 Å². The first-order chi connectivity index (χ1) is 16.0. The Kier molecular flexibility index (Phi) is 8.83. The number of carbonyl (C=O) groups excluding carboxylic acids is 3. The van der Waals surface area contributed by atoms with Crippen LogP contribution in [-0.4, -0.2) is 62.5 Å². The van der Waals surface area contributed by atoms with Crippen LogP contribution in [0.2, 0.25) is 0 Å². The molecular weight excluding hydrogens is 420 g/mol. The number of hydrogen-bond donors (Lipinski definition) is 3. The van der Waals surface area contributed by atoms with E-state index in [-0.39, 0.29) is 24.3 Å². The molecule has 0 saturated carbocycles. The van der Waals surface area contributed by atoms with Crippen molar-refractivity contribution in [3.8, 4) is 0 Å². The van der Waals surface area contributed by atoms with Crippen molar-refractivity contribution in [1.82, 2.24) is 10.2 Å². The van der Waals surface area contributed by atoms with Gasteiger partial charge in [0.15, 0.2) is 0 Å². The number of likely N-dealkylation sites (tertiary alicyclic amines) is 1. The van der Waals surface area contributed by atoms with E-state index >= 15 is 0 Å². The molecule has 1 fully saturated rings. The summed E-state index contributed by atoms with van der Waals surface area (Å²) in [7, 11) is 1.57. The first kappa shape index (κ1) is 24.3. The van der Waals surface area contributed by atoms with Gasteiger partial charge in [0.2, 0.25) is 5.91 Å². The normalized spacial score (nSPS) is 13.9. The van der Waals surface area contributed by atoms with Crippen LogP contribution in [0.1, 0.15) is 40.5 Å². The van der Waals surface area contributed by atoms with Crippen molar-refractivity contribution in [2.24, 2.45) is 5.92 Å². The lowest BCUT2D eigenvalue weighted by Gasteiger charge is -2.30. The molecule has 0 aliphatic carbocycles. The Morgan fingerprint density at radius 3 is 2.39 bits per heavy atom. The van der Waals surface area contributed by atoms with Gasteiger partial charge in [-0.05, 0) is 55.2 Å². The molecule has 0 bridgehead atoms. The molecule has 0 spiro atoms. The molecular formula is C25H32N4O4. The van der Waals surface area contributed by atoms with Crippen molar-refractivity contribution >= 4 is 29.1 Å². The lowest BCUT2D eigenvalue weighted by molar-refractivity contribution is -0.114. The molecule has 1 aliphatic heterocycles. The molecule has 176 valence electrons. The first-order valence-corrected chi connectivity index (χ1v) is 11.3. The Morgan fingerprint density at radius 1 is 1.00 bits per heavy atom. The van der Waals surface area contributed by atoms with E-state index < -0.39 is 0 Å². The molecule has 3 rings (SSSR count). The number of benzene rings is 2.